The van der Waals surface area contributed by atoms with Crippen molar-refractivity contribution in [2.24, 2.45) is 0 Å². The second-order valence-electron chi connectivity index (χ2n) is 3.20. The summed E-state index contributed by atoms with van der Waals surface area (Å²) in [5, 5.41) is 8.58. The summed E-state index contributed by atoms with van der Waals surface area (Å²) in [5.74, 6) is -4.58. The summed E-state index contributed by atoms with van der Waals surface area (Å²) in [5.41, 5.74) is -0.560. The van der Waals surface area contributed by atoms with Crippen molar-refractivity contribution in [2.75, 3.05) is 20.2 Å². The Morgan fingerprint density at radius 1 is 1.25 bits per heavy atom. The number of hydrogen-bond acceptors (Lipinski definition) is 2. The Labute approximate surface area is 90.1 Å². The first kappa shape index (κ1) is 12.5. The monoisotopic (exact) mass is 233 g/mol. The molecule has 0 saturated carbocycles. The molecule has 0 aliphatic heterocycles. The third-order valence-electron chi connectivity index (χ3n) is 2.02. The number of halogens is 3. The molecular formula is C10H10F3NO2. The van der Waals surface area contributed by atoms with Crippen molar-refractivity contribution >= 4 is 5.91 Å². The van der Waals surface area contributed by atoms with Gasteiger partial charge in [-0.3, -0.25) is 4.79 Å². The molecule has 88 valence electrons. The van der Waals surface area contributed by atoms with Gasteiger partial charge in [-0.1, -0.05) is 0 Å². The van der Waals surface area contributed by atoms with E-state index in [0.29, 0.717) is 12.1 Å². The molecule has 0 unspecified atom stereocenters. The van der Waals surface area contributed by atoms with Crippen LogP contribution in [-0.2, 0) is 0 Å². The van der Waals surface area contributed by atoms with Crippen LogP contribution >= 0.6 is 0 Å². The first-order chi connectivity index (χ1) is 7.47. The van der Waals surface area contributed by atoms with Gasteiger partial charge in [-0.2, -0.15) is 0 Å². The molecule has 1 amide bonds. The number of carbonyl (C=O) groups is 1. The number of amides is 1. The predicted octanol–water partition coefficient (Wildman–Crippen LogP) is 1.17. The van der Waals surface area contributed by atoms with Crippen LogP contribution in [0, 0.1) is 17.5 Å². The molecule has 6 heteroatoms. The van der Waals surface area contributed by atoms with Crippen LogP contribution in [0.3, 0.4) is 0 Å². The zero-order valence-electron chi connectivity index (χ0n) is 8.51. The molecule has 0 bridgehead atoms. The number of likely N-dealkylation sites (N-methyl/N-ethyl adjacent to an activating group) is 1. The number of rotatable bonds is 3. The first-order valence-corrected chi connectivity index (χ1v) is 4.48. The second-order valence-corrected chi connectivity index (χ2v) is 3.20. The minimum atomic E-state index is -1.35. The Morgan fingerprint density at radius 3 is 2.38 bits per heavy atom. The molecule has 16 heavy (non-hydrogen) atoms. The molecule has 0 saturated heterocycles. The van der Waals surface area contributed by atoms with E-state index in [0.717, 1.165) is 4.90 Å². The molecule has 0 aliphatic rings. The number of carbonyl (C=O) groups excluding carboxylic acids is 1. The van der Waals surface area contributed by atoms with E-state index in [1.165, 1.54) is 7.05 Å². The molecule has 0 aromatic heterocycles. The molecule has 0 heterocycles. The Balaban J connectivity index is 3.04. The van der Waals surface area contributed by atoms with Crippen LogP contribution in [0.15, 0.2) is 12.1 Å². The van der Waals surface area contributed by atoms with Crippen molar-refractivity contribution in [1.82, 2.24) is 4.90 Å². The van der Waals surface area contributed by atoms with Gasteiger partial charge in [-0.25, -0.2) is 13.2 Å². The zero-order valence-corrected chi connectivity index (χ0v) is 8.51. The number of nitrogens with zero attached hydrogens (tertiary/aromatic N) is 1. The summed E-state index contributed by atoms with van der Waals surface area (Å²) in [6.45, 7) is -0.315. The van der Waals surface area contributed by atoms with Gasteiger partial charge in [-0.15, -0.1) is 0 Å². The molecule has 1 aromatic carbocycles. The normalized spacial score (nSPS) is 10.3. The van der Waals surface area contributed by atoms with Crippen LogP contribution in [0.1, 0.15) is 10.4 Å². The van der Waals surface area contributed by atoms with Crippen molar-refractivity contribution < 1.29 is 23.1 Å². The van der Waals surface area contributed by atoms with Gasteiger partial charge in [0.15, 0.2) is 11.6 Å². The lowest BCUT2D eigenvalue weighted by atomic mass is 10.1. The van der Waals surface area contributed by atoms with E-state index in [-0.39, 0.29) is 13.2 Å². The molecule has 3 nitrogen and oxygen atoms in total. The Kier molecular flexibility index (Phi) is 3.89. The Morgan fingerprint density at radius 2 is 1.81 bits per heavy atom. The second kappa shape index (κ2) is 4.98. The lowest BCUT2D eigenvalue weighted by Crippen LogP contribution is -2.30. The molecule has 0 spiro atoms. The van der Waals surface area contributed by atoms with Gasteiger partial charge in [-0.05, 0) is 6.07 Å². The Hall–Kier alpha value is -1.56. The van der Waals surface area contributed by atoms with Gasteiger partial charge < -0.3 is 10.0 Å². The summed E-state index contributed by atoms with van der Waals surface area (Å²) >= 11 is 0. The fourth-order valence-electron chi connectivity index (χ4n) is 1.14. The van der Waals surface area contributed by atoms with Gasteiger partial charge in [0.1, 0.15) is 5.82 Å². The fraction of sp³-hybridized carbons (Fsp3) is 0.300. The quantitative estimate of drug-likeness (QED) is 0.796. The van der Waals surface area contributed by atoms with Gasteiger partial charge in [0, 0.05) is 19.7 Å². The highest BCUT2D eigenvalue weighted by atomic mass is 19.2. The lowest BCUT2D eigenvalue weighted by molar-refractivity contribution is 0.0761. The molecule has 0 radical (unpaired) electrons. The van der Waals surface area contributed by atoms with E-state index in [1.807, 2.05) is 0 Å². The van der Waals surface area contributed by atoms with E-state index in [1.54, 1.807) is 0 Å². The number of aliphatic hydroxyl groups excluding tert-OH is 1. The Bertz CT molecular complexity index is 409. The number of benzene rings is 1. The van der Waals surface area contributed by atoms with E-state index < -0.39 is 28.9 Å². The number of aliphatic hydroxyl groups is 1. The average Bonchev–Trinajstić information content (AvgIpc) is 2.23. The van der Waals surface area contributed by atoms with E-state index in [2.05, 4.69) is 0 Å². The molecule has 1 aromatic rings. The van der Waals surface area contributed by atoms with Crippen LogP contribution in [0.2, 0.25) is 0 Å². The van der Waals surface area contributed by atoms with Crippen LogP contribution in [-0.4, -0.2) is 36.1 Å². The molecular weight excluding hydrogens is 223 g/mol. The van der Waals surface area contributed by atoms with Crippen molar-refractivity contribution in [2.45, 2.75) is 0 Å². The van der Waals surface area contributed by atoms with E-state index in [9.17, 15) is 18.0 Å². The van der Waals surface area contributed by atoms with Crippen molar-refractivity contribution in [3.8, 4) is 0 Å². The van der Waals surface area contributed by atoms with Gasteiger partial charge in [0.2, 0.25) is 0 Å². The van der Waals surface area contributed by atoms with Gasteiger partial charge in [0.25, 0.3) is 5.91 Å². The molecule has 0 aliphatic carbocycles. The topological polar surface area (TPSA) is 40.5 Å². The molecule has 1 rings (SSSR count). The van der Waals surface area contributed by atoms with Gasteiger partial charge in [0.05, 0.1) is 12.2 Å². The molecule has 1 N–H and O–H groups in total. The summed E-state index contributed by atoms with van der Waals surface area (Å²) < 4.78 is 38.6. The maximum Gasteiger partial charge on any atom is 0.256 e. The van der Waals surface area contributed by atoms with Crippen LogP contribution < -0.4 is 0 Å². The summed E-state index contributed by atoms with van der Waals surface area (Å²) in [4.78, 5) is 12.5. The zero-order chi connectivity index (χ0) is 12.3. The minimum absolute atomic E-state index is 0.0166. The lowest BCUT2D eigenvalue weighted by Gasteiger charge is -2.16. The summed E-state index contributed by atoms with van der Waals surface area (Å²) in [6, 6.07) is 0.816. The maximum atomic E-state index is 13.2. The van der Waals surface area contributed by atoms with Crippen LogP contribution in [0.4, 0.5) is 13.2 Å². The third-order valence-corrected chi connectivity index (χ3v) is 2.02. The minimum Gasteiger partial charge on any atom is -0.395 e. The van der Waals surface area contributed by atoms with Crippen LogP contribution in [0.25, 0.3) is 0 Å². The molecule has 0 fully saturated rings. The third kappa shape index (κ3) is 2.52. The van der Waals surface area contributed by atoms with Crippen molar-refractivity contribution in [3.63, 3.8) is 0 Å². The SMILES string of the molecule is CN(CCO)C(=O)c1cc(F)c(F)cc1F. The van der Waals surface area contributed by atoms with E-state index >= 15 is 0 Å². The highest BCUT2D eigenvalue weighted by Crippen LogP contribution is 2.15. The van der Waals surface area contributed by atoms with Crippen LogP contribution in [0.5, 0.6) is 0 Å². The summed E-state index contributed by atoms with van der Waals surface area (Å²) in [7, 11) is 1.32. The van der Waals surface area contributed by atoms with E-state index in [4.69, 9.17) is 5.11 Å². The molecule has 0 atom stereocenters. The predicted molar refractivity (Wildman–Crippen MR) is 50.4 cm³/mol. The van der Waals surface area contributed by atoms with Gasteiger partial charge >= 0.3 is 0 Å². The standard InChI is InChI=1S/C10H10F3NO2/c1-14(2-3-15)10(16)6-4-8(12)9(13)5-7(6)11/h4-5,15H,2-3H2,1H3. The average molecular weight is 233 g/mol. The first-order valence-electron chi connectivity index (χ1n) is 4.48. The largest absolute Gasteiger partial charge is 0.395 e. The number of hydrogen-bond donors (Lipinski definition) is 1. The highest BCUT2D eigenvalue weighted by Gasteiger charge is 2.18. The van der Waals surface area contributed by atoms with Crippen molar-refractivity contribution in [3.05, 3.63) is 35.1 Å². The maximum absolute atomic E-state index is 13.2. The summed E-state index contributed by atoms with van der Waals surface area (Å²) in [6.07, 6.45) is 0. The smallest absolute Gasteiger partial charge is 0.256 e. The fourth-order valence-corrected chi connectivity index (χ4v) is 1.14. The highest BCUT2D eigenvalue weighted by molar-refractivity contribution is 5.94. The van der Waals surface area contributed by atoms with Crippen molar-refractivity contribution in [1.29, 1.82) is 0 Å².